The highest BCUT2D eigenvalue weighted by atomic mass is 35.5. The van der Waals surface area contributed by atoms with Crippen molar-refractivity contribution >= 4 is 32.5 Å². The summed E-state index contributed by atoms with van der Waals surface area (Å²) in [5.41, 5.74) is 1.62. The van der Waals surface area contributed by atoms with Crippen molar-refractivity contribution in [2.45, 2.75) is 11.8 Å². The average Bonchev–Trinajstić information content (AvgIpc) is 2.17. The van der Waals surface area contributed by atoms with Crippen molar-refractivity contribution in [3.8, 4) is 0 Å². The minimum absolute atomic E-state index is 0.121. The first-order valence-electron chi connectivity index (χ1n) is 4.47. The summed E-state index contributed by atoms with van der Waals surface area (Å²) in [4.78, 5) is 3.86. The number of pyridine rings is 1. The number of aryl methyl sites for hydroxylation is 1. The average molecular weight is 257 g/mol. The van der Waals surface area contributed by atoms with E-state index in [-0.39, 0.29) is 9.92 Å². The number of fused-ring (bicyclic) bond motifs is 1. The van der Waals surface area contributed by atoms with Gasteiger partial charge in [0.05, 0.1) is 10.5 Å². The van der Waals surface area contributed by atoms with Crippen LogP contribution in [0.5, 0.6) is 0 Å². The molecule has 0 bridgehead atoms. The second kappa shape index (κ2) is 3.69. The fraction of sp³-hybridized carbons (Fsp3) is 0.100. The van der Waals surface area contributed by atoms with Gasteiger partial charge in [0.1, 0.15) is 4.90 Å². The summed E-state index contributed by atoms with van der Waals surface area (Å²) in [6.45, 7) is 1.89. The molecule has 0 aliphatic heterocycles. The van der Waals surface area contributed by atoms with Crippen molar-refractivity contribution in [2.24, 2.45) is 5.14 Å². The minimum atomic E-state index is -3.83. The summed E-state index contributed by atoms with van der Waals surface area (Å²) in [5.74, 6) is 0. The Labute approximate surface area is 98.1 Å². The van der Waals surface area contributed by atoms with Gasteiger partial charge in [-0.1, -0.05) is 23.2 Å². The number of nitrogens with zero attached hydrogens (tertiary/aromatic N) is 1. The van der Waals surface area contributed by atoms with E-state index in [0.29, 0.717) is 10.9 Å². The Hall–Kier alpha value is -1.17. The van der Waals surface area contributed by atoms with Gasteiger partial charge in [0.2, 0.25) is 10.0 Å². The fourth-order valence-corrected chi connectivity index (χ4v) is 2.54. The molecule has 0 atom stereocenters. The largest absolute Gasteiger partial charge is 0.255 e. The van der Waals surface area contributed by atoms with Crippen molar-refractivity contribution in [3.05, 3.63) is 35.0 Å². The number of hydrogen-bond acceptors (Lipinski definition) is 3. The van der Waals surface area contributed by atoms with Crippen molar-refractivity contribution < 1.29 is 8.42 Å². The van der Waals surface area contributed by atoms with E-state index in [1.54, 1.807) is 12.1 Å². The van der Waals surface area contributed by atoms with Crippen LogP contribution in [-0.2, 0) is 10.0 Å². The third-order valence-corrected chi connectivity index (χ3v) is 3.67. The van der Waals surface area contributed by atoms with Crippen LogP contribution in [0.2, 0.25) is 5.02 Å². The smallest absolute Gasteiger partial charge is 0.241 e. The summed E-state index contributed by atoms with van der Waals surface area (Å²) >= 11 is 6.00. The predicted molar refractivity (Wildman–Crippen MR) is 62.9 cm³/mol. The number of aromatic nitrogens is 1. The van der Waals surface area contributed by atoms with Crippen LogP contribution < -0.4 is 5.14 Å². The number of rotatable bonds is 1. The highest BCUT2D eigenvalue weighted by Gasteiger charge is 2.16. The topological polar surface area (TPSA) is 73.0 Å². The van der Waals surface area contributed by atoms with Crippen LogP contribution in [0.4, 0.5) is 0 Å². The molecule has 2 N–H and O–H groups in total. The Kier molecular flexibility index (Phi) is 2.61. The van der Waals surface area contributed by atoms with E-state index < -0.39 is 10.0 Å². The lowest BCUT2D eigenvalue weighted by molar-refractivity contribution is 0.597. The number of halogens is 1. The molecular weight excluding hydrogens is 248 g/mol. The summed E-state index contributed by atoms with van der Waals surface area (Å²) in [6.07, 6.45) is 1.18. The molecule has 1 aromatic carbocycles. The van der Waals surface area contributed by atoms with Crippen LogP contribution in [0, 0.1) is 6.92 Å². The highest BCUT2D eigenvalue weighted by molar-refractivity contribution is 7.89. The first-order chi connectivity index (χ1) is 7.39. The van der Waals surface area contributed by atoms with Crippen molar-refractivity contribution in [3.63, 3.8) is 0 Å². The first kappa shape index (κ1) is 11.3. The van der Waals surface area contributed by atoms with E-state index in [1.165, 1.54) is 6.20 Å². The summed E-state index contributed by atoms with van der Waals surface area (Å²) in [5, 5.41) is 5.75. The molecule has 6 heteroatoms. The highest BCUT2D eigenvalue weighted by Crippen LogP contribution is 2.28. The van der Waals surface area contributed by atoms with E-state index in [1.807, 2.05) is 13.0 Å². The van der Waals surface area contributed by atoms with E-state index in [0.717, 1.165) is 5.56 Å². The summed E-state index contributed by atoms with van der Waals surface area (Å²) in [6, 6.07) is 5.44. The van der Waals surface area contributed by atoms with Crippen LogP contribution in [0.1, 0.15) is 5.56 Å². The van der Waals surface area contributed by atoms with Crippen molar-refractivity contribution in [2.75, 3.05) is 0 Å². The number of benzene rings is 1. The van der Waals surface area contributed by atoms with Crippen molar-refractivity contribution in [1.29, 1.82) is 0 Å². The molecule has 0 amide bonds. The Balaban J connectivity index is 2.89. The molecule has 1 aromatic heterocycles. The number of sulfonamides is 1. The van der Waals surface area contributed by atoms with Gasteiger partial charge in [0.25, 0.3) is 0 Å². The van der Waals surface area contributed by atoms with Crippen LogP contribution in [-0.4, -0.2) is 13.4 Å². The van der Waals surface area contributed by atoms with Gasteiger partial charge in [-0.25, -0.2) is 13.6 Å². The lowest BCUT2D eigenvalue weighted by Gasteiger charge is -2.05. The lowest BCUT2D eigenvalue weighted by Crippen LogP contribution is -2.13. The zero-order chi connectivity index (χ0) is 11.9. The Morgan fingerprint density at radius 1 is 1.38 bits per heavy atom. The normalized spacial score (nSPS) is 11.9. The number of hydrogen-bond donors (Lipinski definition) is 1. The standard InChI is InChI=1S/C10H9ClN2O2S/c1-6-2-3-8-7(4-6)10(11)9(5-13-8)16(12,14)15/h2-5H,1H3,(H2,12,14,15). The quantitative estimate of drug-likeness (QED) is 0.846. The second-order valence-electron chi connectivity index (χ2n) is 3.50. The Bertz CT molecular complexity index is 668. The molecule has 0 saturated carbocycles. The third kappa shape index (κ3) is 1.89. The third-order valence-electron chi connectivity index (χ3n) is 2.23. The fourth-order valence-electron chi connectivity index (χ4n) is 1.45. The van der Waals surface area contributed by atoms with E-state index in [2.05, 4.69) is 4.98 Å². The van der Waals surface area contributed by atoms with E-state index in [4.69, 9.17) is 16.7 Å². The molecule has 0 fully saturated rings. The maximum atomic E-state index is 11.2. The molecule has 2 aromatic rings. The summed E-state index contributed by atoms with van der Waals surface area (Å²) in [7, 11) is -3.83. The van der Waals surface area contributed by atoms with Gasteiger partial charge in [-0.3, -0.25) is 4.98 Å². The molecule has 0 aliphatic rings. The van der Waals surface area contributed by atoms with E-state index >= 15 is 0 Å². The Morgan fingerprint density at radius 3 is 2.69 bits per heavy atom. The molecule has 4 nitrogen and oxygen atoms in total. The number of primary sulfonamides is 1. The lowest BCUT2D eigenvalue weighted by atomic mass is 10.1. The maximum Gasteiger partial charge on any atom is 0.241 e. The van der Waals surface area contributed by atoms with Gasteiger partial charge in [-0.15, -0.1) is 0 Å². The van der Waals surface area contributed by atoms with E-state index in [9.17, 15) is 8.42 Å². The zero-order valence-electron chi connectivity index (χ0n) is 8.44. The van der Waals surface area contributed by atoms with Gasteiger partial charge in [0, 0.05) is 11.6 Å². The van der Waals surface area contributed by atoms with Gasteiger partial charge in [-0.2, -0.15) is 0 Å². The SMILES string of the molecule is Cc1ccc2ncc(S(N)(=O)=O)c(Cl)c2c1. The first-order valence-corrected chi connectivity index (χ1v) is 6.39. The van der Waals surface area contributed by atoms with Gasteiger partial charge < -0.3 is 0 Å². The monoisotopic (exact) mass is 256 g/mol. The molecule has 1 heterocycles. The summed E-state index contributed by atoms with van der Waals surface area (Å²) < 4.78 is 22.5. The molecule has 0 saturated heterocycles. The van der Waals surface area contributed by atoms with Crippen LogP contribution in [0.25, 0.3) is 10.9 Å². The molecule has 0 radical (unpaired) electrons. The molecule has 16 heavy (non-hydrogen) atoms. The van der Waals surface area contributed by atoms with Crippen LogP contribution in [0.3, 0.4) is 0 Å². The van der Waals surface area contributed by atoms with Crippen LogP contribution in [0.15, 0.2) is 29.3 Å². The van der Waals surface area contributed by atoms with Gasteiger partial charge in [-0.05, 0) is 19.1 Å². The predicted octanol–water partition coefficient (Wildman–Crippen LogP) is 1.84. The van der Waals surface area contributed by atoms with Crippen LogP contribution >= 0.6 is 11.6 Å². The zero-order valence-corrected chi connectivity index (χ0v) is 10.0. The molecule has 84 valence electrons. The molecular formula is C10H9ClN2O2S. The molecule has 0 aliphatic carbocycles. The molecule has 0 unspecified atom stereocenters. The minimum Gasteiger partial charge on any atom is -0.255 e. The maximum absolute atomic E-state index is 11.2. The second-order valence-corrected chi connectivity index (χ2v) is 5.41. The molecule has 2 rings (SSSR count). The van der Waals surface area contributed by atoms with Gasteiger partial charge in [0.15, 0.2) is 0 Å². The Morgan fingerprint density at radius 2 is 2.06 bits per heavy atom. The van der Waals surface area contributed by atoms with Crippen molar-refractivity contribution in [1.82, 2.24) is 4.98 Å². The molecule has 0 spiro atoms. The van der Waals surface area contributed by atoms with Gasteiger partial charge >= 0.3 is 0 Å². The number of nitrogens with two attached hydrogens (primary N) is 1.